The van der Waals surface area contributed by atoms with Gasteiger partial charge in [-0.3, -0.25) is 4.98 Å². The van der Waals surface area contributed by atoms with E-state index >= 15 is 0 Å². The first-order valence-electron chi connectivity index (χ1n) is 4.88. The van der Waals surface area contributed by atoms with E-state index in [1.807, 2.05) is 29.0 Å². The number of aliphatic hydroxyl groups is 1. The molecule has 2 aromatic rings. The van der Waals surface area contributed by atoms with Crippen molar-refractivity contribution in [1.29, 1.82) is 0 Å². The summed E-state index contributed by atoms with van der Waals surface area (Å²) in [4.78, 5) is 4.10. The van der Waals surface area contributed by atoms with Gasteiger partial charge in [-0.2, -0.15) is 11.3 Å². The standard InChI is InChI=1S/C13H11NOS/c1-13(15,12-4-2-3-8-14-12)7-5-11-6-9-16-10-11/h2-4,6,8-10,15H,1H3/t13-/m0/s1. The molecule has 2 aromatic heterocycles. The summed E-state index contributed by atoms with van der Waals surface area (Å²) in [7, 11) is 0. The van der Waals surface area contributed by atoms with E-state index in [0.29, 0.717) is 5.69 Å². The number of pyridine rings is 1. The fourth-order valence-electron chi connectivity index (χ4n) is 1.24. The van der Waals surface area contributed by atoms with Gasteiger partial charge >= 0.3 is 0 Å². The van der Waals surface area contributed by atoms with Crippen molar-refractivity contribution in [2.45, 2.75) is 12.5 Å². The van der Waals surface area contributed by atoms with Gasteiger partial charge in [-0.1, -0.05) is 17.9 Å². The van der Waals surface area contributed by atoms with Crippen molar-refractivity contribution in [3.63, 3.8) is 0 Å². The second-order valence-electron chi connectivity index (χ2n) is 3.55. The molecule has 2 nitrogen and oxygen atoms in total. The molecule has 0 aromatic carbocycles. The molecule has 0 aliphatic carbocycles. The predicted octanol–water partition coefficient (Wildman–Crippen LogP) is 2.40. The highest BCUT2D eigenvalue weighted by molar-refractivity contribution is 7.08. The lowest BCUT2D eigenvalue weighted by atomic mass is 10.0. The largest absolute Gasteiger partial charge is 0.372 e. The average molecular weight is 229 g/mol. The maximum absolute atomic E-state index is 10.2. The van der Waals surface area contributed by atoms with E-state index in [2.05, 4.69) is 16.8 Å². The van der Waals surface area contributed by atoms with Crippen LogP contribution in [0.1, 0.15) is 18.2 Å². The summed E-state index contributed by atoms with van der Waals surface area (Å²) in [5.74, 6) is 5.76. The number of rotatable bonds is 1. The highest BCUT2D eigenvalue weighted by Gasteiger charge is 2.20. The first-order valence-corrected chi connectivity index (χ1v) is 5.82. The molecule has 1 atom stereocenters. The summed E-state index contributed by atoms with van der Waals surface area (Å²) in [5, 5.41) is 14.1. The van der Waals surface area contributed by atoms with E-state index in [0.717, 1.165) is 5.56 Å². The lowest BCUT2D eigenvalue weighted by Crippen LogP contribution is -2.19. The van der Waals surface area contributed by atoms with Crippen LogP contribution in [-0.4, -0.2) is 10.1 Å². The van der Waals surface area contributed by atoms with Gasteiger partial charge in [0.1, 0.15) is 0 Å². The molecule has 0 aliphatic heterocycles. The van der Waals surface area contributed by atoms with E-state index in [1.165, 1.54) is 0 Å². The summed E-state index contributed by atoms with van der Waals surface area (Å²) < 4.78 is 0. The minimum atomic E-state index is -1.21. The van der Waals surface area contributed by atoms with Gasteiger partial charge in [0.15, 0.2) is 5.60 Å². The van der Waals surface area contributed by atoms with Gasteiger partial charge in [0.2, 0.25) is 0 Å². The van der Waals surface area contributed by atoms with Gasteiger partial charge in [-0.05, 0) is 30.5 Å². The summed E-state index contributed by atoms with van der Waals surface area (Å²) >= 11 is 1.59. The van der Waals surface area contributed by atoms with Crippen LogP contribution < -0.4 is 0 Å². The van der Waals surface area contributed by atoms with Crippen molar-refractivity contribution in [1.82, 2.24) is 4.98 Å². The lowest BCUT2D eigenvalue weighted by Gasteiger charge is -2.14. The molecule has 1 N–H and O–H groups in total. The number of aromatic nitrogens is 1. The molecule has 80 valence electrons. The molecular weight excluding hydrogens is 218 g/mol. The van der Waals surface area contributed by atoms with Gasteiger partial charge < -0.3 is 5.11 Å². The zero-order valence-electron chi connectivity index (χ0n) is 8.84. The fraction of sp³-hybridized carbons (Fsp3) is 0.154. The third kappa shape index (κ3) is 2.48. The van der Waals surface area contributed by atoms with Crippen LogP contribution >= 0.6 is 11.3 Å². The minimum Gasteiger partial charge on any atom is -0.372 e. The highest BCUT2D eigenvalue weighted by atomic mass is 32.1. The third-order valence-corrected chi connectivity index (χ3v) is 2.82. The van der Waals surface area contributed by atoms with Crippen LogP contribution in [0.2, 0.25) is 0 Å². The van der Waals surface area contributed by atoms with Crippen LogP contribution in [0.5, 0.6) is 0 Å². The van der Waals surface area contributed by atoms with Crippen LogP contribution in [0.3, 0.4) is 0 Å². The molecule has 0 bridgehead atoms. The Hall–Kier alpha value is -1.63. The normalized spacial score (nSPS) is 13.6. The van der Waals surface area contributed by atoms with Crippen molar-refractivity contribution in [3.8, 4) is 11.8 Å². The first-order chi connectivity index (χ1) is 7.68. The summed E-state index contributed by atoms with van der Waals surface area (Å²) in [5.41, 5.74) is 0.280. The molecule has 0 fully saturated rings. The second kappa shape index (κ2) is 4.48. The average Bonchev–Trinajstić information content (AvgIpc) is 2.81. The molecule has 0 unspecified atom stereocenters. The van der Waals surface area contributed by atoms with E-state index in [4.69, 9.17) is 0 Å². The summed E-state index contributed by atoms with van der Waals surface area (Å²) in [6, 6.07) is 7.34. The van der Waals surface area contributed by atoms with E-state index in [1.54, 1.807) is 30.5 Å². The maximum Gasteiger partial charge on any atom is 0.165 e. The molecule has 0 saturated heterocycles. The Morgan fingerprint density at radius 1 is 1.38 bits per heavy atom. The minimum absolute atomic E-state index is 0.567. The Bertz CT molecular complexity index is 506. The molecule has 3 heteroatoms. The molecule has 16 heavy (non-hydrogen) atoms. The monoisotopic (exact) mass is 229 g/mol. The molecular formula is C13H11NOS. The van der Waals surface area contributed by atoms with Crippen LogP contribution in [0, 0.1) is 11.8 Å². The number of thiophene rings is 1. The van der Waals surface area contributed by atoms with Crippen LogP contribution in [0.15, 0.2) is 41.2 Å². The first kappa shape index (κ1) is 10.9. The highest BCUT2D eigenvalue weighted by Crippen LogP contribution is 2.16. The topological polar surface area (TPSA) is 33.1 Å². The summed E-state index contributed by atoms with van der Waals surface area (Å²) in [6.45, 7) is 1.65. The SMILES string of the molecule is C[C@](O)(C#Cc1ccsc1)c1ccccn1. The number of hydrogen-bond acceptors (Lipinski definition) is 3. The Morgan fingerprint density at radius 3 is 2.88 bits per heavy atom. The molecule has 0 spiro atoms. The van der Waals surface area contributed by atoms with Crippen LogP contribution in [0.4, 0.5) is 0 Å². The number of nitrogens with zero attached hydrogens (tertiary/aromatic N) is 1. The van der Waals surface area contributed by atoms with Crippen molar-refractivity contribution in [2.24, 2.45) is 0 Å². The maximum atomic E-state index is 10.2. The number of hydrogen-bond donors (Lipinski definition) is 1. The van der Waals surface area contributed by atoms with Crippen molar-refractivity contribution < 1.29 is 5.11 Å². The van der Waals surface area contributed by atoms with Gasteiger partial charge in [0.25, 0.3) is 0 Å². The van der Waals surface area contributed by atoms with Crippen LogP contribution in [0.25, 0.3) is 0 Å². The summed E-state index contributed by atoms with van der Waals surface area (Å²) in [6.07, 6.45) is 1.65. The fourth-order valence-corrected chi connectivity index (χ4v) is 1.83. The Morgan fingerprint density at radius 2 is 2.25 bits per heavy atom. The molecule has 0 aliphatic rings. The van der Waals surface area contributed by atoms with E-state index < -0.39 is 5.60 Å². The molecule has 2 heterocycles. The lowest BCUT2D eigenvalue weighted by molar-refractivity contribution is 0.117. The van der Waals surface area contributed by atoms with Gasteiger partial charge in [-0.15, -0.1) is 0 Å². The van der Waals surface area contributed by atoms with Gasteiger partial charge in [-0.25, -0.2) is 0 Å². The van der Waals surface area contributed by atoms with E-state index in [-0.39, 0.29) is 0 Å². The molecule has 0 amide bonds. The Labute approximate surface area is 98.6 Å². The second-order valence-corrected chi connectivity index (χ2v) is 4.33. The Kier molecular flexibility index (Phi) is 3.04. The zero-order valence-corrected chi connectivity index (χ0v) is 9.66. The smallest absolute Gasteiger partial charge is 0.165 e. The quantitative estimate of drug-likeness (QED) is 0.762. The van der Waals surface area contributed by atoms with Gasteiger partial charge in [0, 0.05) is 17.1 Å². The van der Waals surface area contributed by atoms with Gasteiger partial charge in [0.05, 0.1) is 5.69 Å². The third-order valence-electron chi connectivity index (χ3n) is 2.14. The predicted molar refractivity (Wildman–Crippen MR) is 65.0 cm³/mol. The van der Waals surface area contributed by atoms with Crippen LogP contribution in [-0.2, 0) is 5.60 Å². The van der Waals surface area contributed by atoms with Crippen molar-refractivity contribution in [2.75, 3.05) is 0 Å². The zero-order chi connectivity index (χ0) is 11.4. The molecule has 0 radical (unpaired) electrons. The Balaban J connectivity index is 2.27. The van der Waals surface area contributed by atoms with Crippen molar-refractivity contribution in [3.05, 3.63) is 52.5 Å². The molecule has 0 saturated carbocycles. The van der Waals surface area contributed by atoms with Crippen molar-refractivity contribution >= 4 is 11.3 Å². The molecule has 2 rings (SSSR count). The van der Waals surface area contributed by atoms with E-state index in [9.17, 15) is 5.11 Å².